The minimum atomic E-state index is -1.68. The molecule has 0 bridgehead atoms. The van der Waals surface area contributed by atoms with Crippen LogP contribution in [-0.4, -0.2) is 29.8 Å². The molecule has 2 amide bonds. The average Bonchev–Trinajstić information content (AvgIpc) is 2.63. The zero-order chi connectivity index (χ0) is 20.1. The van der Waals surface area contributed by atoms with Crippen molar-refractivity contribution in [1.29, 1.82) is 0 Å². The maximum absolute atomic E-state index is 13.7. The molecule has 0 aliphatic rings. The van der Waals surface area contributed by atoms with Crippen molar-refractivity contribution in [2.24, 2.45) is 0 Å². The predicted octanol–water partition coefficient (Wildman–Crippen LogP) is 5.01. The Kier molecular flexibility index (Phi) is 7.26. The van der Waals surface area contributed by atoms with E-state index in [4.69, 9.17) is 11.6 Å². The molecule has 0 radical (unpaired) electrons. The minimum Gasteiger partial charge on any atom is -0.329 e. The Morgan fingerprint density at radius 1 is 1.15 bits per heavy atom. The molecule has 144 valence electrons. The lowest BCUT2D eigenvalue weighted by molar-refractivity contribution is -0.116. The first-order valence-electron chi connectivity index (χ1n) is 7.92. The van der Waals surface area contributed by atoms with Crippen molar-refractivity contribution < 1.29 is 22.8 Å². The Morgan fingerprint density at radius 3 is 2.52 bits per heavy atom. The predicted molar refractivity (Wildman–Crippen MR) is 100 cm³/mol. The number of carbonyl (C=O) groups is 2. The fraction of sp³-hybridized carbons (Fsp3) is 0.222. The molecule has 0 saturated carbocycles. The third-order valence-corrected chi connectivity index (χ3v) is 4.41. The van der Waals surface area contributed by atoms with Gasteiger partial charge in [-0.3, -0.25) is 9.59 Å². The van der Waals surface area contributed by atoms with E-state index in [1.807, 2.05) is 6.92 Å². The van der Waals surface area contributed by atoms with Gasteiger partial charge in [-0.1, -0.05) is 34.5 Å². The van der Waals surface area contributed by atoms with Crippen LogP contribution >= 0.6 is 27.5 Å². The van der Waals surface area contributed by atoms with Crippen LogP contribution in [0.15, 0.2) is 34.8 Å². The number of hydrogen-bond donors (Lipinski definition) is 1. The molecule has 0 atom stereocenters. The number of nitrogens with zero attached hydrogens (tertiary/aromatic N) is 1. The summed E-state index contributed by atoms with van der Waals surface area (Å²) in [6, 6.07) is 6.34. The molecule has 0 aliphatic heterocycles. The quantitative estimate of drug-likeness (QED) is 0.612. The maximum atomic E-state index is 13.7. The molecule has 0 spiro atoms. The van der Waals surface area contributed by atoms with E-state index in [0.717, 1.165) is 6.07 Å². The van der Waals surface area contributed by atoms with Gasteiger partial charge in [-0.15, -0.1) is 0 Å². The first kappa shape index (κ1) is 21.2. The number of halogens is 5. The number of benzene rings is 2. The molecule has 0 aromatic heterocycles. The van der Waals surface area contributed by atoms with Crippen LogP contribution in [0.4, 0.5) is 18.9 Å². The molecule has 2 aromatic rings. The first-order chi connectivity index (χ1) is 12.7. The van der Waals surface area contributed by atoms with Crippen molar-refractivity contribution in [1.82, 2.24) is 4.90 Å². The monoisotopic (exact) mass is 462 g/mol. The standard InChI is InChI=1S/C18H15BrClF3N2O2/c1-2-7-25(18(27)11-8-10(19)3-4-12(11)20)9-15(26)24-14-6-5-13(21)16(22)17(14)23/h3-6,8H,2,7,9H2,1H3,(H,24,26). The number of carbonyl (C=O) groups excluding carboxylic acids is 2. The van der Waals surface area contributed by atoms with Gasteiger partial charge in [0.1, 0.15) is 6.54 Å². The Balaban J connectivity index is 2.18. The SMILES string of the molecule is CCCN(CC(=O)Nc1ccc(F)c(F)c1F)C(=O)c1cc(Br)ccc1Cl. The highest BCUT2D eigenvalue weighted by molar-refractivity contribution is 9.10. The molecule has 2 rings (SSSR count). The largest absolute Gasteiger partial charge is 0.329 e. The number of rotatable bonds is 6. The Morgan fingerprint density at radius 2 is 1.85 bits per heavy atom. The highest BCUT2D eigenvalue weighted by atomic mass is 79.9. The van der Waals surface area contributed by atoms with Crippen LogP contribution in [0, 0.1) is 17.5 Å². The van der Waals surface area contributed by atoms with Gasteiger partial charge in [0.25, 0.3) is 5.91 Å². The van der Waals surface area contributed by atoms with E-state index in [-0.39, 0.29) is 17.1 Å². The summed E-state index contributed by atoms with van der Waals surface area (Å²) in [5.74, 6) is -5.79. The van der Waals surface area contributed by atoms with Crippen molar-refractivity contribution in [3.05, 3.63) is 62.8 Å². The zero-order valence-corrected chi connectivity index (χ0v) is 16.5. The third kappa shape index (κ3) is 5.23. The van der Waals surface area contributed by atoms with E-state index in [2.05, 4.69) is 21.2 Å². The van der Waals surface area contributed by atoms with Gasteiger partial charge >= 0.3 is 0 Å². The van der Waals surface area contributed by atoms with Crippen molar-refractivity contribution in [2.45, 2.75) is 13.3 Å². The first-order valence-corrected chi connectivity index (χ1v) is 9.09. The number of anilines is 1. The van der Waals surface area contributed by atoms with Crippen LogP contribution in [0.1, 0.15) is 23.7 Å². The summed E-state index contributed by atoms with van der Waals surface area (Å²) in [5, 5.41) is 2.36. The van der Waals surface area contributed by atoms with Crippen molar-refractivity contribution >= 4 is 45.0 Å². The fourth-order valence-electron chi connectivity index (χ4n) is 2.34. The lowest BCUT2D eigenvalue weighted by Gasteiger charge is -2.22. The van der Waals surface area contributed by atoms with Gasteiger partial charge in [0.2, 0.25) is 5.91 Å². The van der Waals surface area contributed by atoms with Crippen LogP contribution in [0.3, 0.4) is 0 Å². The second-order valence-electron chi connectivity index (χ2n) is 5.62. The Labute approximate surface area is 167 Å². The molecule has 4 nitrogen and oxygen atoms in total. The van der Waals surface area contributed by atoms with Crippen molar-refractivity contribution in [3.8, 4) is 0 Å². The van der Waals surface area contributed by atoms with Gasteiger partial charge in [0, 0.05) is 11.0 Å². The normalized spacial score (nSPS) is 10.6. The molecule has 0 unspecified atom stereocenters. The van der Waals surface area contributed by atoms with E-state index in [1.165, 1.54) is 11.0 Å². The topological polar surface area (TPSA) is 49.4 Å². The van der Waals surface area contributed by atoms with E-state index >= 15 is 0 Å². The molecular formula is C18H15BrClF3N2O2. The van der Waals surface area contributed by atoms with Crippen LogP contribution in [0.5, 0.6) is 0 Å². The molecule has 0 aliphatic carbocycles. The van der Waals surface area contributed by atoms with Gasteiger partial charge in [-0.2, -0.15) is 0 Å². The fourth-order valence-corrected chi connectivity index (χ4v) is 2.90. The van der Waals surface area contributed by atoms with Crippen molar-refractivity contribution in [3.63, 3.8) is 0 Å². The second-order valence-corrected chi connectivity index (χ2v) is 6.94. The molecule has 1 N–H and O–H groups in total. The van der Waals surface area contributed by atoms with Crippen LogP contribution < -0.4 is 5.32 Å². The van der Waals surface area contributed by atoms with Crippen LogP contribution in [0.2, 0.25) is 5.02 Å². The summed E-state index contributed by atoms with van der Waals surface area (Å²) in [6.45, 7) is 1.65. The van der Waals surface area contributed by atoms with Gasteiger partial charge < -0.3 is 10.2 Å². The van der Waals surface area contributed by atoms with Gasteiger partial charge in [-0.25, -0.2) is 13.2 Å². The Hall–Kier alpha value is -2.06. The van der Waals surface area contributed by atoms with Crippen molar-refractivity contribution in [2.75, 3.05) is 18.4 Å². The van der Waals surface area contributed by atoms with E-state index in [9.17, 15) is 22.8 Å². The van der Waals surface area contributed by atoms with Gasteiger partial charge in [0.05, 0.1) is 16.3 Å². The molecule has 0 heterocycles. The van der Waals surface area contributed by atoms with Crippen LogP contribution in [-0.2, 0) is 4.79 Å². The summed E-state index contributed by atoms with van der Waals surface area (Å²) in [7, 11) is 0. The summed E-state index contributed by atoms with van der Waals surface area (Å²) >= 11 is 9.31. The van der Waals surface area contributed by atoms with E-state index < -0.39 is 41.5 Å². The maximum Gasteiger partial charge on any atom is 0.255 e. The number of nitrogens with one attached hydrogen (secondary N) is 1. The number of hydrogen-bond acceptors (Lipinski definition) is 2. The molecule has 0 saturated heterocycles. The Bertz CT molecular complexity index is 880. The third-order valence-electron chi connectivity index (χ3n) is 3.58. The summed E-state index contributed by atoms with van der Waals surface area (Å²) in [4.78, 5) is 26.2. The molecule has 2 aromatic carbocycles. The summed E-state index contributed by atoms with van der Waals surface area (Å²) < 4.78 is 40.6. The zero-order valence-electron chi connectivity index (χ0n) is 14.2. The number of amides is 2. The smallest absolute Gasteiger partial charge is 0.255 e. The lowest BCUT2D eigenvalue weighted by atomic mass is 10.2. The van der Waals surface area contributed by atoms with Crippen LogP contribution in [0.25, 0.3) is 0 Å². The molecule has 27 heavy (non-hydrogen) atoms. The molecule has 0 fully saturated rings. The highest BCUT2D eigenvalue weighted by Crippen LogP contribution is 2.23. The highest BCUT2D eigenvalue weighted by Gasteiger charge is 2.22. The lowest BCUT2D eigenvalue weighted by Crippen LogP contribution is -2.38. The average molecular weight is 464 g/mol. The van der Waals surface area contributed by atoms with Gasteiger partial charge in [-0.05, 0) is 36.8 Å². The molecular weight excluding hydrogens is 449 g/mol. The van der Waals surface area contributed by atoms with Gasteiger partial charge in [0.15, 0.2) is 17.5 Å². The molecule has 9 heteroatoms. The van der Waals surface area contributed by atoms with E-state index in [0.29, 0.717) is 17.0 Å². The minimum absolute atomic E-state index is 0.200. The summed E-state index contributed by atoms with van der Waals surface area (Å²) in [6.07, 6.45) is 0.560. The van der Waals surface area contributed by atoms with E-state index in [1.54, 1.807) is 12.1 Å². The summed E-state index contributed by atoms with van der Waals surface area (Å²) in [5.41, 5.74) is -0.311. The second kappa shape index (κ2) is 9.23.